The van der Waals surface area contributed by atoms with Crippen molar-refractivity contribution in [1.29, 1.82) is 0 Å². The van der Waals surface area contributed by atoms with Gasteiger partial charge in [0.1, 0.15) is 0 Å². The third-order valence-electron chi connectivity index (χ3n) is 7.17. The maximum atomic E-state index is 14.5. The van der Waals surface area contributed by atoms with Gasteiger partial charge in [0, 0.05) is 0 Å². The standard InChI is InChI=1S/2C10H13.C7H4F3.C2H2N3.Sn/c2*1-10(2,3)9-7-5-4-6-8-9;8-7(9,10)6-4-2-1-3-5-6;1-3-2-5-4-1;/h2*4-8H,1H2,2-3H3;1-4H;1-2H;/q;;;-1;+1. The zero-order valence-electron chi connectivity index (χ0n) is 21.1. The normalized spacial score (nSPS) is 13.1. The molecule has 1 aromatic heterocycles. The number of alkyl halides is 3. The maximum absolute atomic E-state index is 14.5. The van der Waals surface area contributed by atoms with Crippen molar-refractivity contribution in [3.8, 4) is 0 Å². The van der Waals surface area contributed by atoms with Crippen LogP contribution in [-0.2, 0) is 17.0 Å². The fourth-order valence-corrected chi connectivity index (χ4v) is 23.0. The molecule has 4 aromatic rings. The molecule has 0 fully saturated rings. The molecule has 0 bridgehead atoms. The van der Waals surface area contributed by atoms with Crippen LogP contribution in [0.5, 0.6) is 0 Å². The van der Waals surface area contributed by atoms with E-state index in [1.165, 1.54) is 18.5 Å². The molecule has 0 aliphatic carbocycles. The second-order valence-electron chi connectivity index (χ2n) is 10.8. The molecule has 0 spiro atoms. The van der Waals surface area contributed by atoms with Gasteiger partial charge in [0.25, 0.3) is 0 Å². The number of benzene rings is 3. The van der Waals surface area contributed by atoms with Gasteiger partial charge in [-0.05, 0) is 0 Å². The van der Waals surface area contributed by atoms with E-state index in [2.05, 4.69) is 62.0 Å². The van der Waals surface area contributed by atoms with E-state index < -0.39 is 30.4 Å². The van der Waals surface area contributed by atoms with E-state index in [0.717, 1.165) is 11.1 Å². The number of nitrogens with zero attached hydrogens (tertiary/aromatic N) is 3. The summed E-state index contributed by atoms with van der Waals surface area (Å²) in [5, 5.41) is 4.58. The van der Waals surface area contributed by atoms with Gasteiger partial charge in [0.2, 0.25) is 0 Å². The molecular formula is C29H32F3N3Sn. The third-order valence-corrected chi connectivity index (χ3v) is 22.8. The Labute approximate surface area is 215 Å². The van der Waals surface area contributed by atoms with Gasteiger partial charge in [0.05, 0.1) is 0 Å². The van der Waals surface area contributed by atoms with Crippen molar-refractivity contribution in [3.05, 3.63) is 114 Å². The van der Waals surface area contributed by atoms with Crippen LogP contribution >= 0.6 is 0 Å². The van der Waals surface area contributed by atoms with Gasteiger partial charge in [-0.25, -0.2) is 0 Å². The molecule has 3 aromatic carbocycles. The Kier molecular flexibility index (Phi) is 7.37. The minimum absolute atomic E-state index is 0.380. The van der Waals surface area contributed by atoms with E-state index in [-0.39, 0.29) is 10.8 Å². The molecule has 0 unspecified atom stereocenters. The number of rotatable bonds is 8. The van der Waals surface area contributed by atoms with Gasteiger partial charge in [-0.1, -0.05) is 0 Å². The molecule has 0 N–H and O–H groups in total. The summed E-state index contributed by atoms with van der Waals surface area (Å²) in [5.41, 5.74) is 0.897. The van der Waals surface area contributed by atoms with Gasteiger partial charge in [-0.15, -0.1) is 0 Å². The molecule has 0 atom stereocenters. The zero-order chi connectivity index (χ0) is 26.0. The molecule has 7 heteroatoms. The van der Waals surface area contributed by atoms with Crippen LogP contribution in [0.1, 0.15) is 44.4 Å². The Morgan fingerprint density at radius 3 is 1.61 bits per heavy atom. The van der Waals surface area contributed by atoms with Crippen LogP contribution < -0.4 is 3.58 Å². The van der Waals surface area contributed by atoms with Crippen molar-refractivity contribution >= 4 is 22.2 Å². The molecule has 3 nitrogen and oxygen atoms in total. The molecule has 0 amide bonds. The first-order valence-corrected chi connectivity index (χ1v) is 18.8. The summed E-state index contributed by atoms with van der Waals surface area (Å²) < 4.78 is 47.0. The van der Waals surface area contributed by atoms with Crippen molar-refractivity contribution in [2.75, 3.05) is 0 Å². The van der Waals surface area contributed by atoms with Crippen LogP contribution in [0.2, 0.25) is 8.87 Å². The van der Waals surface area contributed by atoms with E-state index in [9.17, 15) is 13.2 Å². The molecule has 0 saturated heterocycles. The summed E-state index contributed by atoms with van der Waals surface area (Å²) in [4.78, 5) is 4.23. The molecule has 188 valence electrons. The van der Waals surface area contributed by atoms with Crippen molar-refractivity contribution in [1.82, 2.24) is 13.0 Å². The Morgan fingerprint density at radius 1 is 0.694 bits per heavy atom. The summed E-state index contributed by atoms with van der Waals surface area (Å²) in [6, 6.07) is 26.3. The van der Waals surface area contributed by atoms with E-state index >= 15 is 0 Å². The molecule has 0 saturated carbocycles. The van der Waals surface area contributed by atoms with Crippen molar-refractivity contribution in [3.63, 3.8) is 0 Å². The molecule has 4 rings (SSSR count). The first-order valence-electron chi connectivity index (χ1n) is 12.1. The summed E-state index contributed by atoms with van der Waals surface area (Å²) in [7, 11) is 0. The average molecular weight is 598 g/mol. The van der Waals surface area contributed by atoms with Gasteiger partial charge in [0.15, 0.2) is 0 Å². The average Bonchev–Trinajstić information content (AvgIpc) is 3.40. The number of halogens is 3. The summed E-state index contributed by atoms with van der Waals surface area (Å²) in [5.74, 6) is 0. The molecular weight excluding hydrogens is 566 g/mol. The van der Waals surface area contributed by atoms with E-state index in [4.69, 9.17) is 0 Å². The van der Waals surface area contributed by atoms with E-state index in [1.807, 2.05) is 39.3 Å². The second-order valence-corrected chi connectivity index (χ2v) is 21.5. The van der Waals surface area contributed by atoms with Crippen LogP contribution in [-0.4, -0.2) is 31.6 Å². The fraction of sp³-hybridized carbons (Fsp3) is 0.310. The van der Waals surface area contributed by atoms with E-state index in [0.29, 0.717) is 12.5 Å². The summed E-state index contributed by atoms with van der Waals surface area (Å²) in [6.07, 6.45) is -1.37. The summed E-state index contributed by atoms with van der Waals surface area (Å²) in [6.45, 7) is 8.54. The predicted molar refractivity (Wildman–Crippen MR) is 141 cm³/mol. The third kappa shape index (κ3) is 5.38. The second kappa shape index (κ2) is 10.0. The molecule has 0 aliphatic rings. The SMILES string of the molecule is CC(C)([CH2][Sn]([CH2]C(C)(C)c1ccccc1)([c]1ccccc1C(F)(F)F)[n]1cncn1)c1ccccc1. The Hall–Kier alpha value is -2.61. The first kappa shape index (κ1) is 26.5. The van der Waals surface area contributed by atoms with E-state index in [1.54, 1.807) is 18.5 Å². The van der Waals surface area contributed by atoms with Gasteiger partial charge >= 0.3 is 216 Å². The molecule has 0 radical (unpaired) electrons. The van der Waals surface area contributed by atoms with Crippen LogP contribution in [0.25, 0.3) is 0 Å². The fourth-order valence-electron chi connectivity index (χ4n) is 5.55. The first-order chi connectivity index (χ1) is 17.0. The van der Waals surface area contributed by atoms with Crippen LogP contribution in [0.3, 0.4) is 0 Å². The molecule has 1 heterocycles. The number of aromatic nitrogens is 3. The van der Waals surface area contributed by atoms with Crippen LogP contribution in [0.4, 0.5) is 13.2 Å². The van der Waals surface area contributed by atoms with Crippen LogP contribution in [0.15, 0.2) is 97.6 Å². The Balaban J connectivity index is 2.00. The van der Waals surface area contributed by atoms with Crippen molar-refractivity contribution in [2.45, 2.75) is 53.6 Å². The Bertz CT molecular complexity index is 1210. The van der Waals surface area contributed by atoms with Gasteiger partial charge in [-0.3, -0.25) is 0 Å². The van der Waals surface area contributed by atoms with Gasteiger partial charge in [-0.2, -0.15) is 0 Å². The topological polar surface area (TPSA) is 30.7 Å². The number of hydrogen-bond acceptors (Lipinski definition) is 2. The van der Waals surface area contributed by atoms with Gasteiger partial charge < -0.3 is 0 Å². The number of hydrogen-bond donors (Lipinski definition) is 0. The zero-order valence-corrected chi connectivity index (χ0v) is 24.0. The molecule has 0 aliphatic heterocycles. The molecule has 36 heavy (non-hydrogen) atoms. The monoisotopic (exact) mass is 599 g/mol. The minimum atomic E-state index is -4.47. The Morgan fingerprint density at radius 2 is 1.17 bits per heavy atom. The van der Waals surface area contributed by atoms with Crippen molar-refractivity contribution in [2.24, 2.45) is 0 Å². The van der Waals surface area contributed by atoms with Crippen LogP contribution in [0, 0.1) is 0 Å². The van der Waals surface area contributed by atoms with Crippen molar-refractivity contribution < 1.29 is 13.2 Å². The summed E-state index contributed by atoms with van der Waals surface area (Å²) >= 11 is -4.35. The quantitative estimate of drug-likeness (QED) is 0.206. The predicted octanol–water partition coefficient (Wildman–Crippen LogP) is 6.95.